The molecule has 0 heterocycles. The number of carboxylic acid groups (broad SMARTS) is 1. The fourth-order valence-corrected chi connectivity index (χ4v) is 4.04. The summed E-state index contributed by atoms with van der Waals surface area (Å²) < 4.78 is -0.827. The number of hydrogen-bond donors (Lipinski definition) is 1. The van der Waals surface area contributed by atoms with Crippen molar-refractivity contribution in [1.29, 1.82) is 0 Å². The van der Waals surface area contributed by atoms with Gasteiger partial charge in [0.25, 0.3) is 0 Å². The zero-order valence-electron chi connectivity index (χ0n) is 16.5. The van der Waals surface area contributed by atoms with Gasteiger partial charge in [0.15, 0.2) is 0 Å². The minimum Gasteiger partial charge on any atom is -0.480 e. The predicted octanol–water partition coefficient (Wildman–Crippen LogP) is 7.54. The Bertz CT molecular complexity index is 474. The van der Waals surface area contributed by atoms with Crippen LogP contribution in [0.4, 0.5) is 0 Å². The van der Waals surface area contributed by atoms with E-state index in [1.807, 2.05) is 30.3 Å². The van der Waals surface area contributed by atoms with Crippen LogP contribution in [-0.4, -0.2) is 15.4 Å². The van der Waals surface area contributed by atoms with Gasteiger partial charge in [-0.3, -0.25) is 4.79 Å². The molecule has 0 fully saturated rings. The van der Waals surface area contributed by atoms with E-state index in [0.29, 0.717) is 12.8 Å². The Kier molecular flexibility index (Phi) is 12.7. The third kappa shape index (κ3) is 10.4. The van der Waals surface area contributed by atoms with Crippen molar-refractivity contribution in [1.82, 2.24) is 0 Å². The summed E-state index contributed by atoms with van der Waals surface area (Å²) in [6.45, 7) is 2.26. The summed E-state index contributed by atoms with van der Waals surface area (Å²) in [6, 6.07) is 9.90. The van der Waals surface area contributed by atoms with Crippen molar-refractivity contribution < 1.29 is 9.90 Å². The van der Waals surface area contributed by atoms with Crippen molar-refractivity contribution in [2.24, 2.45) is 0 Å². The molecule has 148 valence electrons. The normalized spacial score (nSPS) is 13.5. The first-order chi connectivity index (χ1) is 12.6. The predicted molar refractivity (Wildman–Crippen MR) is 115 cm³/mol. The Labute approximate surface area is 168 Å². The van der Waals surface area contributed by atoms with Crippen molar-refractivity contribution in [2.45, 2.75) is 101 Å². The van der Waals surface area contributed by atoms with E-state index in [2.05, 4.69) is 22.9 Å². The minimum atomic E-state index is -0.827. The molecule has 0 amide bonds. The molecule has 0 radical (unpaired) electrons. The maximum absolute atomic E-state index is 11.7. The highest BCUT2D eigenvalue weighted by atomic mass is 79.9. The van der Waals surface area contributed by atoms with E-state index in [-0.39, 0.29) is 0 Å². The van der Waals surface area contributed by atoms with Crippen LogP contribution in [-0.2, 0) is 11.2 Å². The van der Waals surface area contributed by atoms with Crippen LogP contribution in [0.15, 0.2) is 30.3 Å². The van der Waals surface area contributed by atoms with Gasteiger partial charge in [0.1, 0.15) is 4.32 Å². The molecule has 0 bridgehead atoms. The highest BCUT2D eigenvalue weighted by Gasteiger charge is 2.34. The van der Waals surface area contributed by atoms with E-state index >= 15 is 0 Å². The molecule has 1 aromatic carbocycles. The molecule has 2 nitrogen and oxygen atoms in total. The second-order valence-electron chi connectivity index (χ2n) is 7.57. The van der Waals surface area contributed by atoms with Gasteiger partial charge in [0, 0.05) is 0 Å². The first-order valence-electron chi connectivity index (χ1n) is 10.5. The molecule has 0 saturated carbocycles. The molecule has 1 unspecified atom stereocenters. The summed E-state index contributed by atoms with van der Waals surface area (Å²) in [5, 5.41) is 9.62. The lowest BCUT2D eigenvalue weighted by atomic mass is 9.93. The molecule has 0 aliphatic heterocycles. The summed E-state index contributed by atoms with van der Waals surface area (Å²) in [5.74, 6) is -0.746. The van der Waals surface area contributed by atoms with Crippen LogP contribution in [0.5, 0.6) is 0 Å². The number of unbranched alkanes of at least 4 members (excludes halogenated alkanes) is 11. The highest BCUT2D eigenvalue weighted by Crippen LogP contribution is 2.30. The van der Waals surface area contributed by atoms with Gasteiger partial charge >= 0.3 is 5.97 Å². The fourth-order valence-electron chi connectivity index (χ4n) is 3.44. The SMILES string of the molecule is CCCCCCCCCCCCCCC(Br)(Cc1ccccc1)C(=O)O. The van der Waals surface area contributed by atoms with E-state index in [9.17, 15) is 9.90 Å². The van der Waals surface area contributed by atoms with Gasteiger partial charge < -0.3 is 5.11 Å². The van der Waals surface area contributed by atoms with E-state index in [0.717, 1.165) is 18.4 Å². The Hall–Kier alpha value is -0.830. The Morgan fingerprint density at radius 1 is 0.846 bits per heavy atom. The topological polar surface area (TPSA) is 37.3 Å². The highest BCUT2D eigenvalue weighted by molar-refractivity contribution is 9.10. The summed E-state index contributed by atoms with van der Waals surface area (Å²) in [5.41, 5.74) is 1.07. The molecule has 3 heteroatoms. The van der Waals surface area contributed by atoms with Crippen LogP contribution in [0.1, 0.15) is 96.0 Å². The van der Waals surface area contributed by atoms with Crippen molar-refractivity contribution in [3.8, 4) is 0 Å². The van der Waals surface area contributed by atoms with Crippen molar-refractivity contribution >= 4 is 21.9 Å². The number of hydrogen-bond acceptors (Lipinski definition) is 1. The number of aliphatic carboxylic acids is 1. The van der Waals surface area contributed by atoms with E-state index in [1.165, 1.54) is 64.2 Å². The zero-order chi connectivity index (χ0) is 19.1. The number of benzene rings is 1. The van der Waals surface area contributed by atoms with E-state index < -0.39 is 10.3 Å². The number of alkyl halides is 1. The van der Waals surface area contributed by atoms with Gasteiger partial charge in [-0.1, -0.05) is 130 Å². The number of carboxylic acids is 1. The molecule has 1 N–H and O–H groups in total. The molecule has 1 atom stereocenters. The molecular formula is C23H37BrO2. The molecule has 1 aromatic rings. The van der Waals surface area contributed by atoms with Crippen LogP contribution < -0.4 is 0 Å². The van der Waals surface area contributed by atoms with Gasteiger partial charge in [-0.25, -0.2) is 0 Å². The van der Waals surface area contributed by atoms with Gasteiger partial charge in [-0.2, -0.15) is 0 Å². The summed E-state index contributed by atoms with van der Waals surface area (Å²) in [7, 11) is 0. The lowest BCUT2D eigenvalue weighted by Crippen LogP contribution is -2.34. The van der Waals surface area contributed by atoms with E-state index in [4.69, 9.17) is 0 Å². The van der Waals surface area contributed by atoms with Crippen LogP contribution in [0.3, 0.4) is 0 Å². The summed E-state index contributed by atoms with van der Waals surface area (Å²) in [4.78, 5) is 11.7. The second-order valence-corrected chi connectivity index (χ2v) is 9.09. The van der Waals surface area contributed by atoms with Crippen molar-refractivity contribution in [3.63, 3.8) is 0 Å². The zero-order valence-corrected chi connectivity index (χ0v) is 18.1. The third-order valence-electron chi connectivity index (χ3n) is 5.14. The average molecular weight is 425 g/mol. The summed E-state index contributed by atoms with van der Waals surface area (Å²) >= 11 is 3.52. The molecule has 0 spiro atoms. The minimum absolute atomic E-state index is 0.543. The molecule has 0 saturated heterocycles. The number of carbonyl (C=O) groups is 1. The monoisotopic (exact) mass is 424 g/mol. The van der Waals surface area contributed by atoms with Gasteiger partial charge in [0.2, 0.25) is 0 Å². The molecule has 0 aliphatic carbocycles. The van der Waals surface area contributed by atoms with Crippen LogP contribution in [0, 0.1) is 0 Å². The van der Waals surface area contributed by atoms with Crippen molar-refractivity contribution in [3.05, 3.63) is 35.9 Å². The van der Waals surface area contributed by atoms with Gasteiger partial charge in [-0.05, 0) is 18.4 Å². The van der Waals surface area contributed by atoms with Gasteiger partial charge in [0.05, 0.1) is 0 Å². The maximum Gasteiger partial charge on any atom is 0.320 e. The average Bonchev–Trinajstić information content (AvgIpc) is 2.63. The maximum atomic E-state index is 11.7. The van der Waals surface area contributed by atoms with Crippen LogP contribution in [0.2, 0.25) is 0 Å². The third-order valence-corrected chi connectivity index (χ3v) is 6.15. The lowest BCUT2D eigenvalue weighted by molar-refractivity contribution is -0.139. The number of halogens is 1. The largest absolute Gasteiger partial charge is 0.480 e. The van der Waals surface area contributed by atoms with Gasteiger partial charge in [-0.15, -0.1) is 0 Å². The Morgan fingerprint density at radius 2 is 1.31 bits per heavy atom. The van der Waals surface area contributed by atoms with Crippen LogP contribution >= 0.6 is 15.9 Å². The molecule has 26 heavy (non-hydrogen) atoms. The fraction of sp³-hybridized carbons (Fsp3) is 0.696. The Morgan fingerprint density at radius 3 is 1.77 bits per heavy atom. The first-order valence-corrected chi connectivity index (χ1v) is 11.3. The standard InChI is InChI=1S/C23H37BrO2/c1-2-3-4-5-6-7-8-9-10-11-12-16-19-23(24,22(25)26)20-21-17-14-13-15-18-21/h13-15,17-18H,2-12,16,19-20H2,1H3,(H,25,26). The molecule has 0 aliphatic rings. The molecule has 1 rings (SSSR count). The molecular weight excluding hydrogens is 388 g/mol. The number of rotatable bonds is 16. The first kappa shape index (κ1) is 23.2. The molecule has 0 aromatic heterocycles. The summed E-state index contributed by atoms with van der Waals surface area (Å²) in [6.07, 6.45) is 16.8. The second kappa shape index (κ2) is 14.3. The smallest absolute Gasteiger partial charge is 0.320 e. The van der Waals surface area contributed by atoms with Crippen molar-refractivity contribution in [2.75, 3.05) is 0 Å². The lowest BCUT2D eigenvalue weighted by Gasteiger charge is -2.23. The van der Waals surface area contributed by atoms with Crippen LogP contribution in [0.25, 0.3) is 0 Å². The quantitative estimate of drug-likeness (QED) is 0.219. The van der Waals surface area contributed by atoms with E-state index in [1.54, 1.807) is 0 Å². The Balaban J connectivity index is 2.10.